The zero-order chi connectivity index (χ0) is 20.3. The highest BCUT2D eigenvalue weighted by atomic mass is 16.2. The number of likely N-dealkylation sites (tertiary alicyclic amines) is 2. The highest BCUT2D eigenvalue weighted by Crippen LogP contribution is 2.44. The van der Waals surface area contributed by atoms with Gasteiger partial charge in [0.2, 0.25) is 5.91 Å². The molecular formula is C23H28N4O2. The van der Waals surface area contributed by atoms with Gasteiger partial charge in [0.15, 0.2) is 0 Å². The van der Waals surface area contributed by atoms with Crippen molar-refractivity contribution < 1.29 is 9.59 Å². The van der Waals surface area contributed by atoms with Gasteiger partial charge >= 0.3 is 0 Å². The van der Waals surface area contributed by atoms with E-state index in [-0.39, 0.29) is 17.9 Å². The third-order valence-electron chi connectivity index (χ3n) is 6.51. The van der Waals surface area contributed by atoms with E-state index in [2.05, 4.69) is 22.1 Å². The Hall–Kier alpha value is -2.73. The van der Waals surface area contributed by atoms with E-state index < -0.39 is 5.41 Å². The molecule has 2 atom stereocenters. The third kappa shape index (κ3) is 3.77. The number of amides is 2. The number of hydrogen-bond acceptors (Lipinski definition) is 4. The van der Waals surface area contributed by atoms with Crippen LogP contribution in [-0.2, 0) is 4.79 Å². The summed E-state index contributed by atoms with van der Waals surface area (Å²) in [5, 5.41) is 3.09. The van der Waals surface area contributed by atoms with Crippen LogP contribution in [0, 0.1) is 5.41 Å². The summed E-state index contributed by atoms with van der Waals surface area (Å²) < 4.78 is 0. The molecule has 4 rings (SSSR count). The molecule has 1 aromatic heterocycles. The van der Waals surface area contributed by atoms with E-state index in [9.17, 15) is 9.59 Å². The molecule has 2 aliphatic heterocycles. The lowest BCUT2D eigenvalue weighted by Gasteiger charge is -2.35. The van der Waals surface area contributed by atoms with Crippen molar-refractivity contribution >= 4 is 17.5 Å². The summed E-state index contributed by atoms with van der Waals surface area (Å²) in [7, 11) is 0. The zero-order valence-electron chi connectivity index (χ0n) is 16.9. The van der Waals surface area contributed by atoms with E-state index in [4.69, 9.17) is 0 Å². The molecule has 2 fully saturated rings. The van der Waals surface area contributed by atoms with Gasteiger partial charge in [-0.25, -0.2) is 0 Å². The van der Waals surface area contributed by atoms with Crippen LogP contribution >= 0.6 is 0 Å². The molecule has 1 aromatic carbocycles. The summed E-state index contributed by atoms with van der Waals surface area (Å²) in [4.78, 5) is 34.9. The maximum atomic E-state index is 13.5. The predicted octanol–water partition coefficient (Wildman–Crippen LogP) is 3.04. The lowest BCUT2D eigenvalue weighted by atomic mass is 9.75. The van der Waals surface area contributed by atoms with Crippen LogP contribution in [0.3, 0.4) is 0 Å². The lowest BCUT2D eigenvalue weighted by molar-refractivity contribution is -0.127. The van der Waals surface area contributed by atoms with Crippen molar-refractivity contribution in [2.75, 3.05) is 31.5 Å². The first-order valence-corrected chi connectivity index (χ1v) is 10.4. The van der Waals surface area contributed by atoms with Crippen LogP contribution in [0.4, 0.5) is 5.69 Å². The molecule has 2 aliphatic rings. The molecular weight excluding hydrogens is 364 g/mol. The second-order valence-electron chi connectivity index (χ2n) is 7.94. The quantitative estimate of drug-likeness (QED) is 0.869. The molecule has 152 valence electrons. The van der Waals surface area contributed by atoms with Gasteiger partial charge in [0.25, 0.3) is 5.91 Å². The standard InChI is InChI=1S/C23H28N4O2/c1-2-26-15-11-23(22(29)25-19-9-6-13-24-17-19)12-16-27(14-10-20(23)26)21(28)18-7-4-3-5-8-18/h3-9,13,17,20H,2,10-12,14-16H2,1H3,(H,25,29)/t20-,23-/m1/s1. The van der Waals surface area contributed by atoms with Crippen molar-refractivity contribution in [1.29, 1.82) is 0 Å². The maximum Gasteiger partial charge on any atom is 0.253 e. The molecule has 6 heteroatoms. The largest absolute Gasteiger partial charge is 0.339 e. The van der Waals surface area contributed by atoms with E-state index in [1.165, 1.54) is 0 Å². The van der Waals surface area contributed by atoms with Gasteiger partial charge in [-0.3, -0.25) is 19.5 Å². The van der Waals surface area contributed by atoms with Crippen molar-refractivity contribution in [2.45, 2.75) is 32.2 Å². The molecule has 1 N–H and O–H groups in total. The van der Waals surface area contributed by atoms with Gasteiger partial charge in [-0.15, -0.1) is 0 Å². The Morgan fingerprint density at radius 1 is 1.10 bits per heavy atom. The highest BCUT2D eigenvalue weighted by molar-refractivity contribution is 5.97. The summed E-state index contributed by atoms with van der Waals surface area (Å²) >= 11 is 0. The van der Waals surface area contributed by atoms with Crippen LogP contribution in [0.2, 0.25) is 0 Å². The van der Waals surface area contributed by atoms with Gasteiger partial charge in [0.05, 0.1) is 17.3 Å². The predicted molar refractivity (Wildman–Crippen MR) is 113 cm³/mol. The van der Waals surface area contributed by atoms with E-state index in [0.717, 1.165) is 31.6 Å². The van der Waals surface area contributed by atoms with Crippen LogP contribution in [-0.4, -0.2) is 58.8 Å². The molecule has 6 nitrogen and oxygen atoms in total. The fourth-order valence-electron chi connectivity index (χ4n) is 4.91. The minimum absolute atomic E-state index is 0.0523. The third-order valence-corrected chi connectivity index (χ3v) is 6.51. The SMILES string of the molecule is CCN1CC[C@@]2(C(=O)Nc3cccnc3)CCN(C(=O)c3ccccc3)CC[C@@H]12. The number of pyridine rings is 1. The van der Waals surface area contributed by atoms with Crippen molar-refractivity contribution in [1.82, 2.24) is 14.8 Å². The first-order valence-electron chi connectivity index (χ1n) is 10.4. The Morgan fingerprint density at radius 3 is 2.62 bits per heavy atom. The van der Waals surface area contributed by atoms with Gasteiger partial charge < -0.3 is 10.2 Å². The summed E-state index contributed by atoms with van der Waals surface area (Å²) in [5.74, 6) is 0.108. The Balaban J connectivity index is 1.57. The summed E-state index contributed by atoms with van der Waals surface area (Å²) in [6, 6.07) is 13.3. The number of hydrogen-bond donors (Lipinski definition) is 1. The Bertz CT molecular complexity index is 858. The lowest BCUT2D eigenvalue weighted by Crippen LogP contribution is -2.47. The molecule has 3 heterocycles. The van der Waals surface area contributed by atoms with Crippen LogP contribution in [0.1, 0.15) is 36.5 Å². The average molecular weight is 393 g/mol. The average Bonchev–Trinajstić information content (AvgIpc) is 3.02. The second-order valence-corrected chi connectivity index (χ2v) is 7.94. The molecule has 0 aliphatic carbocycles. The van der Waals surface area contributed by atoms with Gasteiger partial charge in [0.1, 0.15) is 0 Å². The number of carbonyl (C=O) groups excluding carboxylic acids is 2. The number of anilines is 1. The number of aromatic nitrogens is 1. The summed E-state index contributed by atoms with van der Waals surface area (Å²) in [6.07, 6.45) is 5.69. The monoisotopic (exact) mass is 392 g/mol. The van der Waals surface area contributed by atoms with Crippen molar-refractivity contribution in [3.8, 4) is 0 Å². The number of rotatable bonds is 4. The fourth-order valence-corrected chi connectivity index (χ4v) is 4.91. The second kappa shape index (κ2) is 8.33. The first-order chi connectivity index (χ1) is 14.1. The van der Waals surface area contributed by atoms with Crippen LogP contribution in [0.25, 0.3) is 0 Å². The van der Waals surface area contributed by atoms with Gasteiger partial charge in [-0.05, 0) is 56.6 Å². The van der Waals surface area contributed by atoms with Crippen LogP contribution in [0.15, 0.2) is 54.9 Å². The molecule has 2 amide bonds. The normalized spacial score (nSPS) is 24.6. The molecule has 2 aromatic rings. The number of fused-ring (bicyclic) bond motifs is 1. The minimum atomic E-state index is -0.475. The molecule has 0 unspecified atom stereocenters. The van der Waals surface area contributed by atoms with Crippen molar-refractivity contribution in [2.24, 2.45) is 5.41 Å². The summed E-state index contributed by atoms with van der Waals surface area (Å²) in [5.41, 5.74) is 0.959. The van der Waals surface area contributed by atoms with Crippen LogP contribution in [0.5, 0.6) is 0 Å². The number of carbonyl (C=O) groups is 2. The van der Waals surface area contributed by atoms with E-state index >= 15 is 0 Å². The molecule has 0 spiro atoms. The van der Waals surface area contributed by atoms with Crippen molar-refractivity contribution in [3.63, 3.8) is 0 Å². The van der Waals surface area contributed by atoms with Gasteiger partial charge in [-0.1, -0.05) is 25.1 Å². The Labute approximate surface area is 171 Å². The Morgan fingerprint density at radius 2 is 1.90 bits per heavy atom. The van der Waals surface area contributed by atoms with Crippen molar-refractivity contribution in [3.05, 3.63) is 60.4 Å². The zero-order valence-corrected chi connectivity index (χ0v) is 16.9. The van der Waals surface area contributed by atoms with Crippen LogP contribution < -0.4 is 5.32 Å². The Kier molecular flexibility index (Phi) is 5.62. The smallest absolute Gasteiger partial charge is 0.253 e. The molecule has 0 bridgehead atoms. The molecule has 2 saturated heterocycles. The van der Waals surface area contributed by atoms with Gasteiger partial charge in [-0.2, -0.15) is 0 Å². The van der Waals surface area contributed by atoms with E-state index in [0.29, 0.717) is 25.1 Å². The topological polar surface area (TPSA) is 65.5 Å². The van der Waals surface area contributed by atoms with E-state index in [1.54, 1.807) is 12.4 Å². The molecule has 0 saturated carbocycles. The maximum absolute atomic E-state index is 13.5. The number of nitrogens with zero attached hydrogens (tertiary/aromatic N) is 3. The highest BCUT2D eigenvalue weighted by Gasteiger charge is 2.53. The van der Waals surface area contributed by atoms with Gasteiger partial charge in [0, 0.05) is 30.9 Å². The minimum Gasteiger partial charge on any atom is -0.339 e. The molecule has 29 heavy (non-hydrogen) atoms. The fraction of sp³-hybridized carbons (Fsp3) is 0.435. The molecule has 0 radical (unpaired) electrons. The van der Waals surface area contributed by atoms with E-state index in [1.807, 2.05) is 47.4 Å². The number of benzene rings is 1. The number of nitrogens with one attached hydrogen (secondary N) is 1. The first kappa shape index (κ1) is 19.6. The summed E-state index contributed by atoms with van der Waals surface area (Å²) in [6.45, 7) is 5.26.